The van der Waals surface area contributed by atoms with E-state index in [9.17, 15) is 0 Å². The Hall–Kier alpha value is -1.31. The molecule has 1 saturated carbocycles. The molecule has 2 heteroatoms. The lowest BCUT2D eigenvalue weighted by Gasteiger charge is -2.26. The van der Waals surface area contributed by atoms with Crippen molar-refractivity contribution in [2.45, 2.75) is 32.1 Å². The molecule has 1 aliphatic carbocycles. The molecule has 1 heterocycles. The van der Waals surface area contributed by atoms with Crippen LogP contribution in [0.2, 0.25) is 0 Å². The van der Waals surface area contributed by atoms with Crippen LogP contribution in [0.3, 0.4) is 0 Å². The van der Waals surface area contributed by atoms with Crippen molar-refractivity contribution in [3.63, 3.8) is 0 Å². The SMILES string of the molecule is Cc1ccc2c(c1)N=C(N)C1CCCC21. The van der Waals surface area contributed by atoms with Gasteiger partial charge in [-0.25, -0.2) is 4.99 Å². The van der Waals surface area contributed by atoms with Gasteiger partial charge >= 0.3 is 0 Å². The van der Waals surface area contributed by atoms with Gasteiger partial charge in [-0.2, -0.15) is 0 Å². The molecule has 0 radical (unpaired) electrons. The molecule has 3 rings (SSSR count). The van der Waals surface area contributed by atoms with Crippen LogP contribution in [0.1, 0.15) is 36.3 Å². The summed E-state index contributed by atoms with van der Waals surface area (Å²) in [6, 6.07) is 6.57. The van der Waals surface area contributed by atoms with Gasteiger partial charge in [0.15, 0.2) is 0 Å². The first-order valence-corrected chi connectivity index (χ1v) is 5.70. The maximum absolute atomic E-state index is 6.03. The van der Waals surface area contributed by atoms with Gasteiger partial charge in [0, 0.05) is 5.92 Å². The molecule has 2 aliphatic rings. The Bertz CT molecular complexity index is 434. The van der Waals surface area contributed by atoms with Crippen molar-refractivity contribution >= 4 is 11.5 Å². The van der Waals surface area contributed by atoms with E-state index in [1.165, 1.54) is 30.4 Å². The average molecular weight is 200 g/mol. The highest BCUT2D eigenvalue weighted by atomic mass is 14.9. The molecule has 2 atom stereocenters. The third-order valence-electron chi connectivity index (χ3n) is 3.73. The summed E-state index contributed by atoms with van der Waals surface area (Å²) >= 11 is 0. The smallest absolute Gasteiger partial charge is 0.103 e. The average Bonchev–Trinajstić information content (AvgIpc) is 2.66. The number of benzene rings is 1. The summed E-state index contributed by atoms with van der Waals surface area (Å²) in [4.78, 5) is 4.54. The van der Waals surface area contributed by atoms with Gasteiger partial charge in [0.2, 0.25) is 0 Å². The summed E-state index contributed by atoms with van der Waals surface area (Å²) in [6.07, 6.45) is 3.78. The van der Waals surface area contributed by atoms with Crippen LogP contribution in [0.4, 0.5) is 5.69 Å². The van der Waals surface area contributed by atoms with Gasteiger partial charge in [-0.3, -0.25) is 0 Å². The number of aryl methyl sites for hydroxylation is 1. The molecule has 2 unspecified atom stereocenters. The predicted molar refractivity (Wildman–Crippen MR) is 62.5 cm³/mol. The van der Waals surface area contributed by atoms with Gasteiger partial charge in [-0.1, -0.05) is 18.6 Å². The number of hydrogen-bond donors (Lipinski definition) is 1. The fourth-order valence-electron chi connectivity index (χ4n) is 2.97. The van der Waals surface area contributed by atoms with Crippen LogP contribution in [-0.4, -0.2) is 5.84 Å². The molecule has 1 aromatic carbocycles. The van der Waals surface area contributed by atoms with Crippen molar-refractivity contribution in [1.29, 1.82) is 0 Å². The molecule has 1 fully saturated rings. The molecule has 2 nitrogen and oxygen atoms in total. The first-order chi connectivity index (χ1) is 7.25. The summed E-state index contributed by atoms with van der Waals surface area (Å²) in [5.41, 5.74) is 9.82. The monoisotopic (exact) mass is 200 g/mol. The fraction of sp³-hybridized carbons (Fsp3) is 0.462. The molecule has 0 spiro atoms. The third-order valence-corrected chi connectivity index (χ3v) is 3.73. The minimum atomic E-state index is 0.514. The van der Waals surface area contributed by atoms with Gasteiger partial charge in [-0.05, 0) is 42.9 Å². The lowest BCUT2D eigenvalue weighted by Crippen LogP contribution is -2.28. The van der Waals surface area contributed by atoms with Crippen molar-refractivity contribution in [3.05, 3.63) is 29.3 Å². The Morgan fingerprint density at radius 3 is 2.93 bits per heavy atom. The topological polar surface area (TPSA) is 38.4 Å². The number of fused-ring (bicyclic) bond motifs is 3. The van der Waals surface area contributed by atoms with Gasteiger partial charge in [0.25, 0.3) is 0 Å². The summed E-state index contributed by atoms with van der Waals surface area (Å²) in [6.45, 7) is 2.10. The molecule has 2 N–H and O–H groups in total. The molecule has 0 saturated heterocycles. The number of aliphatic imine (C=N–C) groups is 1. The van der Waals surface area contributed by atoms with E-state index in [0.29, 0.717) is 11.8 Å². The van der Waals surface area contributed by atoms with E-state index < -0.39 is 0 Å². The normalized spacial score (nSPS) is 28.2. The molecule has 0 bridgehead atoms. The number of nitrogens with two attached hydrogens (primary N) is 1. The predicted octanol–water partition coefficient (Wildman–Crippen LogP) is 2.88. The maximum atomic E-state index is 6.03. The summed E-state index contributed by atoms with van der Waals surface area (Å²) in [5, 5.41) is 0. The lowest BCUT2D eigenvalue weighted by atomic mass is 9.84. The highest BCUT2D eigenvalue weighted by Crippen LogP contribution is 2.46. The number of hydrogen-bond acceptors (Lipinski definition) is 2. The first kappa shape index (κ1) is 8.96. The van der Waals surface area contributed by atoms with E-state index in [1.807, 2.05) is 0 Å². The van der Waals surface area contributed by atoms with E-state index in [4.69, 9.17) is 5.73 Å². The summed E-state index contributed by atoms with van der Waals surface area (Å²) < 4.78 is 0. The zero-order chi connectivity index (χ0) is 10.4. The zero-order valence-electron chi connectivity index (χ0n) is 9.03. The standard InChI is InChI=1S/C13H16N2/c1-8-5-6-10-9-3-2-4-11(9)13(14)15-12(10)7-8/h5-7,9,11H,2-4H2,1H3,(H2,14,15). The highest BCUT2D eigenvalue weighted by Gasteiger charge is 2.35. The minimum Gasteiger partial charge on any atom is -0.387 e. The van der Waals surface area contributed by atoms with Crippen LogP contribution in [0.15, 0.2) is 23.2 Å². The quantitative estimate of drug-likeness (QED) is 0.687. The molecular formula is C13H16N2. The molecule has 15 heavy (non-hydrogen) atoms. The van der Waals surface area contributed by atoms with Gasteiger partial charge in [-0.15, -0.1) is 0 Å². The molecule has 0 amide bonds. The van der Waals surface area contributed by atoms with Crippen LogP contribution in [-0.2, 0) is 0 Å². The second-order valence-electron chi connectivity index (χ2n) is 4.74. The minimum absolute atomic E-state index is 0.514. The van der Waals surface area contributed by atoms with E-state index in [0.717, 1.165) is 11.5 Å². The number of rotatable bonds is 0. The van der Waals surface area contributed by atoms with Crippen LogP contribution in [0.25, 0.3) is 0 Å². The Balaban J connectivity index is 2.16. The van der Waals surface area contributed by atoms with Gasteiger partial charge < -0.3 is 5.73 Å². The molecule has 1 aliphatic heterocycles. The lowest BCUT2D eigenvalue weighted by molar-refractivity contribution is 0.610. The second-order valence-corrected chi connectivity index (χ2v) is 4.74. The molecular weight excluding hydrogens is 184 g/mol. The molecule has 78 valence electrons. The maximum Gasteiger partial charge on any atom is 0.103 e. The van der Waals surface area contributed by atoms with E-state index in [1.54, 1.807) is 0 Å². The zero-order valence-corrected chi connectivity index (χ0v) is 9.03. The number of amidine groups is 1. The third kappa shape index (κ3) is 1.28. The van der Waals surface area contributed by atoms with Crippen molar-refractivity contribution in [2.75, 3.05) is 0 Å². The summed E-state index contributed by atoms with van der Waals surface area (Å²) in [7, 11) is 0. The van der Waals surface area contributed by atoms with Crippen LogP contribution >= 0.6 is 0 Å². The largest absolute Gasteiger partial charge is 0.387 e. The highest BCUT2D eigenvalue weighted by molar-refractivity contribution is 5.89. The van der Waals surface area contributed by atoms with Crippen molar-refractivity contribution in [2.24, 2.45) is 16.6 Å². The number of nitrogens with zero attached hydrogens (tertiary/aromatic N) is 1. The fourth-order valence-corrected chi connectivity index (χ4v) is 2.97. The first-order valence-electron chi connectivity index (χ1n) is 5.70. The Labute approximate surface area is 90.2 Å². The van der Waals surface area contributed by atoms with E-state index >= 15 is 0 Å². The van der Waals surface area contributed by atoms with Gasteiger partial charge in [0.1, 0.15) is 5.84 Å². The molecule has 0 aromatic heterocycles. The van der Waals surface area contributed by atoms with Crippen LogP contribution in [0.5, 0.6) is 0 Å². The van der Waals surface area contributed by atoms with E-state index in [2.05, 4.69) is 30.1 Å². The summed E-state index contributed by atoms with van der Waals surface area (Å²) in [5.74, 6) is 2.01. The van der Waals surface area contributed by atoms with Crippen LogP contribution < -0.4 is 5.73 Å². The van der Waals surface area contributed by atoms with Crippen molar-refractivity contribution < 1.29 is 0 Å². The van der Waals surface area contributed by atoms with Crippen molar-refractivity contribution in [3.8, 4) is 0 Å². The van der Waals surface area contributed by atoms with Crippen LogP contribution in [0, 0.1) is 12.8 Å². The molecule has 1 aromatic rings. The second kappa shape index (κ2) is 3.09. The van der Waals surface area contributed by atoms with Gasteiger partial charge in [0.05, 0.1) is 5.69 Å². The Morgan fingerprint density at radius 2 is 2.07 bits per heavy atom. The van der Waals surface area contributed by atoms with E-state index in [-0.39, 0.29) is 0 Å². The van der Waals surface area contributed by atoms with Crippen molar-refractivity contribution in [1.82, 2.24) is 0 Å². The Kier molecular flexibility index (Phi) is 1.84. The Morgan fingerprint density at radius 1 is 1.27 bits per heavy atom.